The third-order valence-corrected chi connectivity index (χ3v) is 2.01. The zero-order valence-electron chi connectivity index (χ0n) is 12.1. The van der Waals surface area contributed by atoms with Crippen LogP contribution in [0, 0.1) is 0 Å². The van der Waals surface area contributed by atoms with Crippen molar-refractivity contribution >= 4 is 5.97 Å². The highest BCUT2D eigenvalue weighted by molar-refractivity contribution is 5.70. The van der Waals surface area contributed by atoms with Gasteiger partial charge in [-0.2, -0.15) is 0 Å². The monoisotopic (exact) mass is 245 g/mol. The van der Waals surface area contributed by atoms with Gasteiger partial charge in [-0.05, 0) is 41.5 Å². The van der Waals surface area contributed by atoms with E-state index in [1.54, 1.807) is 0 Å². The summed E-state index contributed by atoms with van der Waals surface area (Å²) in [7, 11) is 0. The van der Waals surface area contributed by atoms with Crippen molar-refractivity contribution in [2.24, 2.45) is 0 Å². The number of esters is 1. The van der Waals surface area contributed by atoms with E-state index in [1.807, 2.05) is 41.5 Å². The van der Waals surface area contributed by atoms with Crippen LogP contribution in [0.2, 0.25) is 0 Å². The first-order chi connectivity index (χ1) is 7.66. The molecule has 0 spiro atoms. The molecule has 17 heavy (non-hydrogen) atoms. The van der Waals surface area contributed by atoms with Gasteiger partial charge in [0.05, 0.1) is 12.0 Å². The maximum Gasteiger partial charge on any atom is 0.307 e. The average molecular weight is 245 g/mol. The smallest absolute Gasteiger partial charge is 0.307 e. The van der Waals surface area contributed by atoms with Gasteiger partial charge in [0.1, 0.15) is 5.60 Å². The first-order valence-electron chi connectivity index (χ1n) is 6.23. The Kier molecular flexibility index (Phi) is 6.72. The number of ether oxygens (including phenoxy) is 2. The second kappa shape index (κ2) is 6.97. The predicted octanol–water partition coefficient (Wildman–Crippen LogP) is 2.12. The lowest BCUT2D eigenvalue weighted by atomic mass is 10.1. The molecule has 4 nitrogen and oxygen atoms in total. The summed E-state index contributed by atoms with van der Waals surface area (Å²) in [5.41, 5.74) is -0.593. The van der Waals surface area contributed by atoms with Crippen molar-refractivity contribution in [1.29, 1.82) is 0 Å². The van der Waals surface area contributed by atoms with Crippen molar-refractivity contribution in [2.75, 3.05) is 19.7 Å². The van der Waals surface area contributed by atoms with Crippen LogP contribution in [-0.2, 0) is 14.3 Å². The van der Waals surface area contributed by atoms with Gasteiger partial charge in [0, 0.05) is 19.7 Å². The van der Waals surface area contributed by atoms with E-state index in [-0.39, 0.29) is 11.6 Å². The van der Waals surface area contributed by atoms with Crippen LogP contribution in [0.1, 0.15) is 48.0 Å². The largest absolute Gasteiger partial charge is 0.460 e. The number of hydrogen-bond donors (Lipinski definition) is 1. The number of nitrogens with one attached hydrogen (secondary N) is 1. The number of carbonyl (C=O) groups excluding carboxylic acids is 1. The summed E-state index contributed by atoms with van der Waals surface area (Å²) >= 11 is 0. The first kappa shape index (κ1) is 16.4. The standard InChI is InChI=1S/C13H27NO3/c1-7-16-13(5,6)10-14-9-8-11(15)17-12(2,3)4/h14H,7-10H2,1-6H3. The Balaban J connectivity index is 3.68. The Morgan fingerprint density at radius 2 is 1.76 bits per heavy atom. The molecule has 0 unspecified atom stereocenters. The first-order valence-corrected chi connectivity index (χ1v) is 6.23. The molecule has 0 fully saturated rings. The molecule has 0 rings (SSSR count). The van der Waals surface area contributed by atoms with E-state index in [9.17, 15) is 4.79 Å². The van der Waals surface area contributed by atoms with E-state index in [0.717, 1.165) is 6.54 Å². The minimum atomic E-state index is -0.401. The van der Waals surface area contributed by atoms with Crippen molar-refractivity contribution < 1.29 is 14.3 Å². The van der Waals surface area contributed by atoms with Crippen molar-refractivity contribution in [3.05, 3.63) is 0 Å². The fraction of sp³-hybridized carbons (Fsp3) is 0.923. The molecule has 102 valence electrons. The summed E-state index contributed by atoms with van der Waals surface area (Å²) in [6, 6.07) is 0. The average Bonchev–Trinajstić information content (AvgIpc) is 2.09. The molecule has 0 aromatic rings. The third-order valence-electron chi connectivity index (χ3n) is 2.01. The molecule has 0 bridgehead atoms. The highest BCUT2D eigenvalue weighted by atomic mass is 16.6. The lowest BCUT2D eigenvalue weighted by Crippen LogP contribution is -2.38. The van der Waals surface area contributed by atoms with E-state index < -0.39 is 5.60 Å². The van der Waals surface area contributed by atoms with Crippen LogP contribution in [0.4, 0.5) is 0 Å². The highest BCUT2D eigenvalue weighted by Gasteiger charge is 2.18. The summed E-state index contributed by atoms with van der Waals surface area (Å²) in [6.45, 7) is 13.7. The second-order valence-corrected chi connectivity index (χ2v) is 5.71. The zero-order valence-corrected chi connectivity index (χ0v) is 12.1. The molecule has 0 saturated heterocycles. The number of carbonyl (C=O) groups is 1. The quantitative estimate of drug-likeness (QED) is 0.551. The maximum absolute atomic E-state index is 11.4. The normalized spacial score (nSPS) is 12.6. The molecule has 1 N–H and O–H groups in total. The van der Waals surface area contributed by atoms with E-state index >= 15 is 0 Å². The van der Waals surface area contributed by atoms with Crippen LogP contribution in [0.25, 0.3) is 0 Å². The van der Waals surface area contributed by atoms with E-state index in [0.29, 0.717) is 19.6 Å². The summed E-state index contributed by atoms with van der Waals surface area (Å²) in [5.74, 6) is -0.167. The highest BCUT2D eigenvalue weighted by Crippen LogP contribution is 2.08. The molecule has 0 heterocycles. The van der Waals surface area contributed by atoms with Gasteiger partial charge in [0.15, 0.2) is 0 Å². The number of rotatable bonds is 7. The van der Waals surface area contributed by atoms with E-state index in [2.05, 4.69) is 5.32 Å². The van der Waals surface area contributed by atoms with Gasteiger partial charge in [0.25, 0.3) is 0 Å². The van der Waals surface area contributed by atoms with Crippen molar-refractivity contribution in [3.8, 4) is 0 Å². The van der Waals surface area contributed by atoms with Gasteiger partial charge >= 0.3 is 5.97 Å². The minimum Gasteiger partial charge on any atom is -0.460 e. The molecular formula is C13H27NO3. The zero-order chi connectivity index (χ0) is 13.5. The Labute approximate surface area is 105 Å². The molecule has 0 radical (unpaired) electrons. The van der Waals surface area contributed by atoms with Gasteiger partial charge in [-0.15, -0.1) is 0 Å². The van der Waals surface area contributed by atoms with Crippen molar-refractivity contribution in [3.63, 3.8) is 0 Å². The molecule has 0 atom stereocenters. The SMILES string of the molecule is CCOC(C)(C)CNCCC(=O)OC(C)(C)C. The summed E-state index contributed by atoms with van der Waals surface area (Å²) < 4.78 is 10.7. The van der Waals surface area contributed by atoms with Crippen molar-refractivity contribution in [1.82, 2.24) is 5.32 Å². The van der Waals surface area contributed by atoms with Crippen LogP contribution >= 0.6 is 0 Å². The van der Waals surface area contributed by atoms with E-state index in [4.69, 9.17) is 9.47 Å². The molecule has 0 aliphatic rings. The number of hydrogen-bond acceptors (Lipinski definition) is 4. The minimum absolute atomic E-state index is 0.167. The Hall–Kier alpha value is -0.610. The van der Waals surface area contributed by atoms with Crippen LogP contribution in [0.3, 0.4) is 0 Å². The molecule has 0 aromatic carbocycles. The second-order valence-electron chi connectivity index (χ2n) is 5.71. The molecule has 0 aliphatic heterocycles. The van der Waals surface area contributed by atoms with Crippen LogP contribution in [0.5, 0.6) is 0 Å². The fourth-order valence-corrected chi connectivity index (χ4v) is 1.41. The van der Waals surface area contributed by atoms with Gasteiger partial charge < -0.3 is 14.8 Å². The lowest BCUT2D eigenvalue weighted by Gasteiger charge is -2.25. The van der Waals surface area contributed by atoms with Crippen LogP contribution in [-0.4, -0.2) is 36.9 Å². The molecule has 0 aromatic heterocycles. The molecule has 0 saturated carbocycles. The molecule has 0 amide bonds. The van der Waals surface area contributed by atoms with Gasteiger partial charge in [0.2, 0.25) is 0 Å². The third kappa shape index (κ3) is 10.3. The summed E-state index contributed by atoms with van der Waals surface area (Å²) in [4.78, 5) is 11.4. The Morgan fingerprint density at radius 1 is 1.18 bits per heavy atom. The molecule has 4 heteroatoms. The van der Waals surface area contributed by atoms with Crippen molar-refractivity contribution in [2.45, 2.75) is 59.2 Å². The van der Waals surface area contributed by atoms with Gasteiger partial charge in [-0.3, -0.25) is 4.79 Å². The van der Waals surface area contributed by atoms with Gasteiger partial charge in [-0.25, -0.2) is 0 Å². The Morgan fingerprint density at radius 3 is 2.24 bits per heavy atom. The molecular weight excluding hydrogens is 218 g/mol. The predicted molar refractivity (Wildman–Crippen MR) is 69.0 cm³/mol. The van der Waals surface area contributed by atoms with Gasteiger partial charge in [-0.1, -0.05) is 0 Å². The Bertz CT molecular complexity index is 231. The van der Waals surface area contributed by atoms with E-state index in [1.165, 1.54) is 0 Å². The maximum atomic E-state index is 11.4. The van der Waals surface area contributed by atoms with Crippen LogP contribution in [0.15, 0.2) is 0 Å². The lowest BCUT2D eigenvalue weighted by molar-refractivity contribution is -0.154. The topological polar surface area (TPSA) is 47.6 Å². The van der Waals surface area contributed by atoms with Crippen LogP contribution < -0.4 is 5.32 Å². The fourth-order valence-electron chi connectivity index (χ4n) is 1.41. The summed E-state index contributed by atoms with van der Waals surface area (Å²) in [5, 5.41) is 3.20. The summed E-state index contributed by atoms with van der Waals surface area (Å²) in [6.07, 6.45) is 0.388. The molecule has 0 aliphatic carbocycles.